The lowest BCUT2D eigenvalue weighted by Gasteiger charge is -2.27. The van der Waals surface area contributed by atoms with Gasteiger partial charge in [0.15, 0.2) is 0 Å². The van der Waals surface area contributed by atoms with Gasteiger partial charge >= 0.3 is 0 Å². The van der Waals surface area contributed by atoms with Gasteiger partial charge in [-0.1, -0.05) is 42.5 Å². The monoisotopic (exact) mass is 417 g/mol. The minimum atomic E-state index is -0.463. The number of nitrogens with zero attached hydrogens (tertiary/aromatic N) is 3. The Morgan fingerprint density at radius 2 is 1.84 bits per heavy atom. The fourth-order valence-corrected chi connectivity index (χ4v) is 3.83. The highest BCUT2D eigenvalue weighted by molar-refractivity contribution is 6.22. The number of aliphatic imine (C=N–C) groups is 1. The molecule has 2 heterocycles. The van der Waals surface area contributed by atoms with Gasteiger partial charge in [-0.2, -0.15) is 0 Å². The number of rotatable bonds is 8. The first kappa shape index (κ1) is 20.7. The largest absolute Gasteiger partial charge is 0.495 e. The van der Waals surface area contributed by atoms with Gasteiger partial charge in [-0.3, -0.25) is 4.79 Å². The Balaban J connectivity index is 1.58. The number of ether oxygens (including phenoxy) is 1. The first-order chi connectivity index (χ1) is 15.2. The number of para-hydroxylation sites is 2. The third-order valence-corrected chi connectivity index (χ3v) is 5.41. The molecule has 2 aromatic carbocycles. The van der Waals surface area contributed by atoms with Crippen LogP contribution in [0.3, 0.4) is 0 Å². The van der Waals surface area contributed by atoms with Crippen LogP contribution in [0.5, 0.6) is 5.75 Å². The van der Waals surface area contributed by atoms with Crippen LogP contribution in [-0.4, -0.2) is 43.5 Å². The summed E-state index contributed by atoms with van der Waals surface area (Å²) in [5.41, 5.74) is 1.80. The van der Waals surface area contributed by atoms with Crippen LogP contribution < -0.4 is 9.64 Å². The fourth-order valence-electron chi connectivity index (χ4n) is 3.83. The Bertz CT molecular complexity index is 1030. The van der Waals surface area contributed by atoms with Gasteiger partial charge in [-0.05, 0) is 36.2 Å². The molecule has 0 N–H and O–H groups in total. The van der Waals surface area contributed by atoms with E-state index < -0.39 is 6.04 Å². The summed E-state index contributed by atoms with van der Waals surface area (Å²) in [6, 6.07) is 21.0. The van der Waals surface area contributed by atoms with E-state index in [9.17, 15) is 4.79 Å². The van der Waals surface area contributed by atoms with Crippen LogP contribution in [0.2, 0.25) is 0 Å². The molecule has 160 valence electrons. The van der Waals surface area contributed by atoms with E-state index in [0.29, 0.717) is 23.8 Å². The van der Waals surface area contributed by atoms with Crippen molar-refractivity contribution in [1.29, 1.82) is 0 Å². The number of carbonyl (C=O) groups excluding carboxylic acids is 1. The number of amides is 1. The van der Waals surface area contributed by atoms with Crippen LogP contribution >= 0.6 is 0 Å². The minimum absolute atomic E-state index is 0.0405. The number of hydrogen-bond donors (Lipinski definition) is 0. The lowest BCUT2D eigenvalue weighted by molar-refractivity contribution is -0.118. The number of benzene rings is 2. The van der Waals surface area contributed by atoms with Crippen molar-refractivity contribution in [2.24, 2.45) is 4.99 Å². The Labute approximate surface area is 182 Å². The van der Waals surface area contributed by atoms with E-state index in [2.05, 4.69) is 0 Å². The molecule has 0 saturated heterocycles. The zero-order chi connectivity index (χ0) is 21.6. The van der Waals surface area contributed by atoms with Gasteiger partial charge in [-0.15, -0.1) is 0 Å². The summed E-state index contributed by atoms with van der Waals surface area (Å²) >= 11 is 0. The van der Waals surface area contributed by atoms with Gasteiger partial charge in [-0.25, -0.2) is 9.89 Å². The topological polar surface area (TPSA) is 58.3 Å². The number of aryl methyl sites for hydroxylation is 1. The number of guanidine groups is 1. The zero-order valence-corrected chi connectivity index (χ0v) is 17.9. The van der Waals surface area contributed by atoms with Gasteiger partial charge in [0.1, 0.15) is 17.6 Å². The van der Waals surface area contributed by atoms with Crippen LogP contribution in [0.1, 0.15) is 17.7 Å². The van der Waals surface area contributed by atoms with Crippen molar-refractivity contribution < 1.29 is 13.9 Å². The third kappa shape index (κ3) is 4.63. The SMILES string of the molecule is COc1ccccc1N1C(=O)C(Cc2ccccc2)N=C1N(C)CCCc1ccco1. The van der Waals surface area contributed by atoms with Crippen LogP contribution in [0.25, 0.3) is 0 Å². The predicted octanol–water partition coefficient (Wildman–Crippen LogP) is 4.17. The van der Waals surface area contributed by atoms with Gasteiger partial charge in [0.05, 0.1) is 19.1 Å². The van der Waals surface area contributed by atoms with Gasteiger partial charge in [0, 0.05) is 26.4 Å². The predicted molar refractivity (Wildman–Crippen MR) is 122 cm³/mol. The highest BCUT2D eigenvalue weighted by atomic mass is 16.5. The Kier molecular flexibility index (Phi) is 6.36. The third-order valence-electron chi connectivity index (χ3n) is 5.41. The summed E-state index contributed by atoms with van der Waals surface area (Å²) in [4.78, 5) is 22.1. The number of hydrogen-bond acceptors (Lipinski definition) is 5. The standard InChI is InChI=1S/C25H27N3O3/c1-27(16-8-12-20-13-9-17-31-20)25-26-21(18-19-10-4-3-5-11-19)24(29)28(25)22-14-6-7-15-23(22)30-2/h3-7,9-11,13-15,17,21H,8,12,16,18H2,1-2H3. The molecule has 1 atom stereocenters. The van der Waals surface area contributed by atoms with Crippen molar-refractivity contribution in [3.63, 3.8) is 0 Å². The second-order valence-corrected chi connectivity index (χ2v) is 7.58. The molecule has 0 aliphatic carbocycles. The van der Waals surface area contributed by atoms with Gasteiger partial charge in [0.25, 0.3) is 5.91 Å². The maximum Gasteiger partial charge on any atom is 0.259 e. The molecule has 4 rings (SSSR count). The average Bonchev–Trinajstić information content (AvgIpc) is 3.43. The number of carbonyl (C=O) groups is 1. The zero-order valence-electron chi connectivity index (χ0n) is 17.9. The van der Waals surface area contributed by atoms with Crippen molar-refractivity contribution in [2.75, 3.05) is 25.6 Å². The van der Waals surface area contributed by atoms with E-state index in [4.69, 9.17) is 14.1 Å². The quantitative estimate of drug-likeness (QED) is 0.552. The van der Waals surface area contributed by atoms with E-state index in [1.807, 2.05) is 78.7 Å². The van der Waals surface area contributed by atoms with Gasteiger partial charge < -0.3 is 14.1 Å². The Hall–Kier alpha value is -3.54. The summed E-state index contributed by atoms with van der Waals surface area (Å²) in [5, 5.41) is 0. The Morgan fingerprint density at radius 3 is 2.58 bits per heavy atom. The molecule has 3 aromatic rings. The van der Waals surface area contributed by atoms with Crippen LogP contribution in [0.4, 0.5) is 5.69 Å². The number of furan rings is 1. The number of anilines is 1. The molecule has 0 radical (unpaired) electrons. The molecule has 31 heavy (non-hydrogen) atoms. The highest BCUT2D eigenvalue weighted by Gasteiger charge is 2.38. The van der Waals surface area contributed by atoms with Crippen LogP contribution in [0.15, 0.2) is 82.4 Å². The van der Waals surface area contributed by atoms with Crippen molar-refractivity contribution in [2.45, 2.75) is 25.3 Å². The lowest BCUT2D eigenvalue weighted by Crippen LogP contribution is -2.44. The molecule has 1 aliphatic heterocycles. The van der Waals surface area contributed by atoms with E-state index in [-0.39, 0.29) is 5.91 Å². The van der Waals surface area contributed by atoms with E-state index in [0.717, 1.165) is 30.7 Å². The summed E-state index contributed by atoms with van der Waals surface area (Å²) in [6.45, 7) is 0.747. The molecule has 0 bridgehead atoms. The number of methoxy groups -OCH3 is 1. The molecule has 1 amide bonds. The normalized spacial score (nSPS) is 15.8. The molecule has 1 unspecified atom stereocenters. The maximum absolute atomic E-state index is 13.5. The van der Waals surface area contributed by atoms with Crippen molar-refractivity contribution in [3.05, 3.63) is 84.3 Å². The lowest BCUT2D eigenvalue weighted by atomic mass is 10.1. The summed E-state index contributed by atoms with van der Waals surface area (Å²) in [6.07, 6.45) is 3.98. The van der Waals surface area contributed by atoms with Crippen molar-refractivity contribution in [1.82, 2.24) is 4.90 Å². The molecule has 1 aliphatic rings. The molecular formula is C25H27N3O3. The summed E-state index contributed by atoms with van der Waals surface area (Å²) in [7, 11) is 3.59. The van der Waals surface area contributed by atoms with Crippen molar-refractivity contribution in [3.8, 4) is 5.75 Å². The summed E-state index contributed by atoms with van der Waals surface area (Å²) in [5.74, 6) is 2.21. The van der Waals surface area contributed by atoms with E-state index in [1.165, 1.54) is 0 Å². The second kappa shape index (κ2) is 9.51. The van der Waals surface area contributed by atoms with E-state index in [1.54, 1.807) is 18.3 Å². The Morgan fingerprint density at radius 1 is 1.06 bits per heavy atom. The molecule has 1 aromatic heterocycles. The molecule has 0 saturated carbocycles. The molecule has 6 heteroatoms. The van der Waals surface area contributed by atoms with Crippen molar-refractivity contribution >= 4 is 17.6 Å². The molecule has 6 nitrogen and oxygen atoms in total. The first-order valence-corrected chi connectivity index (χ1v) is 10.5. The average molecular weight is 418 g/mol. The smallest absolute Gasteiger partial charge is 0.259 e. The highest BCUT2D eigenvalue weighted by Crippen LogP contribution is 2.32. The molecule has 0 spiro atoms. The van der Waals surface area contributed by atoms with Gasteiger partial charge in [0.2, 0.25) is 5.96 Å². The molecular weight excluding hydrogens is 390 g/mol. The second-order valence-electron chi connectivity index (χ2n) is 7.58. The van der Waals surface area contributed by atoms with Crippen LogP contribution in [0, 0.1) is 0 Å². The summed E-state index contributed by atoms with van der Waals surface area (Å²) < 4.78 is 11.0. The first-order valence-electron chi connectivity index (χ1n) is 10.5. The van der Waals surface area contributed by atoms with Crippen LogP contribution in [-0.2, 0) is 17.6 Å². The molecule has 0 fully saturated rings. The van der Waals surface area contributed by atoms with E-state index >= 15 is 0 Å². The fraction of sp³-hybridized carbons (Fsp3) is 0.280. The minimum Gasteiger partial charge on any atom is -0.495 e. The maximum atomic E-state index is 13.5.